The second-order valence-electron chi connectivity index (χ2n) is 3.53. The maximum Gasteiger partial charge on any atom is 0.309 e. The van der Waals surface area contributed by atoms with Crippen molar-refractivity contribution >= 4 is 5.97 Å². The highest BCUT2D eigenvalue weighted by molar-refractivity contribution is 5.66. The van der Waals surface area contributed by atoms with Gasteiger partial charge in [0.1, 0.15) is 0 Å². The molecule has 0 aromatic carbocycles. The molecule has 0 amide bonds. The van der Waals surface area contributed by atoms with Gasteiger partial charge in [-0.15, -0.1) is 0 Å². The minimum atomic E-state index is -0.691. The van der Waals surface area contributed by atoms with E-state index < -0.39 is 5.97 Å². The first-order chi connectivity index (χ1) is 5.54. The molecule has 0 aliphatic heterocycles. The third-order valence-corrected chi connectivity index (χ3v) is 2.39. The van der Waals surface area contributed by atoms with Crippen LogP contribution in [0.15, 0.2) is 0 Å². The van der Waals surface area contributed by atoms with E-state index >= 15 is 0 Å². The average molecular weight is 174 g/mol. The maximum absolute atomic E-state index is 10.4. The first kappa shape index (κ1) is 11.4. The molecule has 1 atom stereocenters. The van der Waals surface area contributed by atoms with Crippen LogP contribution >= 0.6 is 0 Å². The third kappa shape index (κ3) is 4.34. The van der Waals surface area contributed by atoms with E-state index in [4.69, 9.17) is 5.11 Å². The van der Waals surface area contributed by atoms with E-state index in [1.807, 2.05) is 0 Å². The van der Waals surface area contributed by atoms with Crippen molar-refractivity contribution in [2.24, 2.45) is 0 Å². The molecule has 3 nitrogen and oxygen atoms in total. The zero-order chi connectivity index (χ0) is 9.61. The molecule has 0 spiro atoms. The summed E-state index contributed by atoms with van der Waals surface area (Å²) in [4.78, 5) is 10.4. The Morgan fingerprint density at radius 1 is 1.33 bits per heavy atom. The molecule has 0 fully saturated rings. The summed E-state index contributed by atoms with van der Waals surface area (Å²) in [6, 6.07) is 0. The number of aliphatic carboxylic acids is 1. The fourth-order valence-corrected chi connectivity index (χ4v) is 1.33. The van der Waals surface area contributed by atoms with Crippen LogP contribution in [0.1, 0.15) is 26.7 Å². The zero-order valence-corrected chi connectivity index (χ0v) is 8.34. The molecule has 0 aliphatic rings. The molecule has 1 unspecified atom stereocenters. The van der Waals surface area contributed by atoms with Crippen LogP contribution in [0.25, 0.3) is 0 Å². The maximum atomic E-state index is 10.4. The zero-order valence-electron chi connectivity index (χ0n) is 8.34. The van der Waals surface area contributed by atoms with Crippen molar-refractivity contribution in [3.05, 3.63) is 0 Å². The molecule has 0 radical (unpaired) electrons. The second kappa shape index (κ2) is 5.14. The topological polar surface area (TPSA) is 37.3 Å². The lowest BCUT2D eigenvalue weighted by Crippen LogP contribution is -2.45. The van der Waals surface area contributed by atoms with Gasteiger partial charge in [-0.2, -0.15) is 0 Å². The first-order valence-electron chi connectivity index (χ1n) is 4.59. The summed E-state index contributed by atoms with van der Waals surface area (Å²) >= 11 is 0. The monoisotopic (exact) mass is 174 g/mol. The van der Waals surface area contributed by atoms with E-state index in [-0.39, 0.29) is 6.42 Å². The highest BCUT2D eigenvalue weighted by Gasteiger charge is 2.18. The lowest BCUT2D eigenvalue weighted by atomic mass is 10.3. The summed E-state index contributed by atoms with van der Waals surface area (Å²) < 4.78 is 0.878. The van der Waals surface area contributed by atoms with Crippen LogP contribution in [-0.4, -0.2) is 42.2 Å². The van der Waals surface area contributed by atoms with Crippen molar-refractivity contribution in [2.45, 2.75) is 26.7 Å². The van der Waals surface area contributed by atoms with Crippen LogP contribution in [0.4, 0.5) is 0 Å². The summed E-state index contributed by atoms with van der Waals surface area (Å²) in [5.41, 5.74) is 0. The van der Waals surface area contributed by atoms with Gasteiger partial charge < -0.3 is 9.59 Å². The van der Waals surface area contributed by atoms with Crippen LogP contribution in [0.2, 0.25) is 0 Å². The van der Waals surface area contributed by atoms with E-state index in [0.29, 0.717) is 0 Å². The van der Waals surface area contributed by atoms with Crippen molar-refractivity contribution < 1.29 is 14.4 Å². The Morgan fingerprint density at radius 3 is 2.25 bits per heavy atom. The van der Waals surface area contributed by atoms with Crippen molar-refractivity contribution in [2.75, 3.05) is 26.7 Å². The highest BCUT2D eigenvalue weighted by atomic mass is 16.4. The van der Waals surface area contributed by atoms with Crippen LogP contribution in [0, 0.1) is 0 Å². The molecule has 0 saturated heterocycles. The molecule has 1 N–H and O–H groups in total. The van der Waals surface area contributed by atoms with Crippen LogP contribution in [0.3, 0.4) is 0 Å². The summed E-state index contributed by atoms with van der Waals surface area (Å²) in [5, 5.41) is 8.53. The molecule has 12 heavy (non-hydrogen) atoms. The number of hydrogen-bond acceptors (Lipinski definition) is 1. The minimum Gasteiger partial charge on any atom is -0.481 e. The van der Waals surface area contributed by atoms with Gasteiger partial charge in [-0.25, -0.2) is 0 Å². The average Bonchev–Trinajstić information content (AvgIpc) is 2.02. The second-order valence-corrected chi connectivity index (χ2v) is 3.53. The molecule has 0 heterocycles. The molecule has 0 rings (SSSR count). The van der Waals surface area contributed by atoms with Gasteiger partial charge in [0.25, 0.3) is 0 Å². The fraction of sp³-hybridized carbons (Fsp3) is 0.889. The molecule has 0 aromatic heterocycles. The van der Waals surface area contributed by atoms with Crippen molar-refractivity contribution in [3.63, 3.8) is 0 Å². The molecular formula is C9H20NO2+. The van der Waals surface area contributed by atoms with E-state index in [2.05, 4.69) is 20.9 Å². The lowest BCUT2D eigenvalue weighted by Gasteiger charge is -2.32. The van der Waals surface area contributed by atoms with Gasteiger partial charge in [0.05, 0.1) is 33.1 Å². The normalized spacial score (nSPS) is 15.6. The molecule has 3 heteroatoms. The Kier molecular flexibility index (Phi) is 4.90. The Bertz CT molecular complexity index is 147. The number of nitrogens with zero attached hydrogens (tertiary/aromatic N) is 1. The summed E-state index contributed by atoms with van der Waals surface area (Å²) in [6.45, 7) is 7.08. The number of carboxylic acids is 1. The molecule has 0 aromatic rings. The number of rotatable bonds is 6. The largest absolute Gasteiger partial charge is 0.481 e. The van der Waals surface area contributed by atoms with Gasteiger partial charge in [-0.1, -0.05) is 6.92 Å². The van der Waals surface area contributed by atoms with Gasteiger partial charge in [-0.05, 0) is 13.3 Å². The summed E-state index contributed by atoms with van der Waals surface area (Å²) in [6.07, 6.45) is 1.40. The SMILES string of the molecule is CCC[N+](C)(CC)CCC(=O)O. The van der Waals surface area contributed by atoms with Gasteiger partial charge in [-0.3, -0.25) is 4.79 Å². The Morgan fingerprint density at radius 2 is 1.92 bits per heavy atom. The summed E-state index contributed by atoms with van der Waals surface area (Å²) in [5.74, 6) is -0.691. The van der Waals surface area contributed by atoms with Gasteiger partial charge >= 0.3 is 5.97 Å². The van der Waals surface area contributed by atoms with E-state index in [1.165, 1.54) is 0 Å². The minimum absolute atomic E-state index is 0.282. The van der Waals surface area contributed by atoms with Crippen molar-refractivity contribution in [3.8, 4) is 0 Å². The molecule has 0 aliphatic carbocycles. The van der Waals surface area contributed by atoms with E-state index in [0.717, 1.165) is 30.5 Å². The Labute approximate surface area is 74.6 Å². The van der Waals surface area contributed by atoms with Crippen LogP contribution in [0.5, 0.6) is 0 Å². The predicted octanol–water partition coefficient (Wildman–Crippen LogP) is 1.34. The first-order valence-corrected chi connectivity index (χ1v) is 4.59. The van der Waals surface area contributed by atoms with E-state index in [1.54, 1.807) is 0 Å². The molecule has 0 bridgehead atoms. The van der Waals surface area contributed by atoms with Gasteiger partial charge in [0.2, 0.25) is 0 Å². The molecule has 0 saturated carbocycles. The lowest BCUT2D eigenvalue weighted by molar-refractivity contribution is -0.907. The predicted molar refractivity (Wildman–Crippen MR) is 49.0 cm³/mol. The molecule has 72 valence electrons. The van der Waals surface area contributed by atoms with E-state index in [9.17, 15) is 4.79 Å². The van der Waals surface area contributed by atoms with Crippen LogP contribution < -0.4 is 0 Å². The van der Waals surface area contributed by atoms with Gasteiger partial charge in [0.15, 0.2) is 0 Å². The number of quaternary nitrogens is 1. The van der Waals surface area contributed by atoms with Crippen molar-refractivity contribution in [1.29, 1.82) is 0 Å². The molecular weight excluding hydrogens is 154 g/mol. The Balaban J connectivity index is 3.86. The highest BCUT2D eigenvalue weighted by Crippen LogP contribution is 2.04. The number of carbonyl (C=O) groups is 1. The smallest absolute Gasteiger partial charge is 0.309 e. The number of hydrogen-bond donors (Lipinski definition) is 1. The summed E-state index contributed by atoms with van der Waals surface area (Å²) in [7, 11) is 2.12. The standard InChI is InChI=1S/C9H19NO2/c1-4-7-10(3,5-2)8-6-9(11)12/h4-8H2,1-3H3/p+1. The quantitative estimate of drug-likeness (QED) is 0.617. The van der Waals surface area contributed by atoms with Gasteiger partial charge in [0, 0.05) is 0 Å². The Hall–Kier alpha value is -0.570. The van der Waals surface area contributed by atoms with Crippen molar-refractivity contribution in [1.82, 2.24) is 0 Å². The fourth-order valence-electron chi connectivity index (χ4n) is 1.33. The third-order valence-electron chi connectivity index (χ3n) is 2.39. The number of carboxylic acid groups (broad SMARTS) is 1. The van der Waals surface area contributed by atoms with Crippen LogP contribution in [-0.2, 0) is 4.79 Å².